The Balaban J connectivity index is 0.909. The van der Waals surface area contributed by atoms with E-state index in [1.165, 1.54) is 44.5 Å². The zero-order chi connectivity index (χ0) is 40.6. The minimum atomic E-state index is -0.402. The van der Waals surface area contributed by atoms with E-state index in [9.17, 15) is 0 Å². The Labute approximate surface area is 355 Å². The third-order valence-corrected chi connectivity index (χ3v) is 12.0. The predicted molar refractivity (Wildman–Crippen MR) is 248 cm³/mol. The number of benzene rings is 8. The maximum atomic E-state index is 5.00. The van der Waals surface area contributed by atoms with E-state index >= 15 is 0 Å². The molecular formula is C57H38N4. The van der Waals surface area contributed by atoms with Gasteiger partial charge in [0.2, 0.25) is 0 Å². The van der Waals surface area contributed by atoms with Crippen LogP contribution in [0, 0.1) is 0 Å². The Hall–Kier alpha value is -8.08. The molecule has 0 spiro atoms. The lowest BCUT2D eigenvalue weighted by molar-refractivity contribution is 0.768. The molecule has 0 unspecified atom stereocenters. The molecule has 0 saturated heterocycles. The van der Waals surface area contributed by atoms with Gasteiger partial charge in [0.1, 0.15) is 0 Å². The first-order valence-corrected chi connectivity index (χ1v) is 20.6. The summed E-state index contributed by atoms with van der Waals surface area (Å²) in [5.74, 6) is 1.89. The first kappa shape index (κ1) is 36.0. The van der Waals surface area contributed by atoms with Crippen LogP contribution >= 0.6 is 0 Å². The van der Waals surface area contributed by atoms with Crippen LogP contribution < -0.4 is 0 Å². The molecule has 11 rings (SSSR count). The Bertz CT molecular complexity index is 3090. The molecule has 10 aromatic rings. The number of fused-ring (bicyclic) bond motifs is 3. The van der Waals surface area contributed by atoms with Crippen LogP contribution in [0.5, 0.6) is 0 Å². The number of pyridine rings is 1. The van der Waals surface area contributed by atoms with Crippen LogP contribution in [0.15, 0.2) is 231 Å². The van der Waals surface area contributed by atoms with Gasteiger partial charge in [0.05, 0.1) is 5.41 Å². The van der Waals surface area contributed by atoms with Crippen molar-refractivity contribution < 1.29 is 0 Å². The molecule has 8 aromatic carbocycles. The molecule has 4 heteroatoms. The van der Waals surface area contributed by atoms with Crippen LogP contribution in [-0.4, -0.2) is 19.9 Å². The maximum absolute atomic E-state index is 5.00. The van der Waals surface area contributed by atoms with Gasteiger partial charge in [-0.05, 0) is 78.9 Å². The van der Waals surface area contributed by atoms with E-state index in [4.69, 9.17) is 15.0 Å². The Morgan fingerprint density at radius 1 is 0.279 bits per heavy atom. The Morgan fingerprint density at radius 2 is 0.672 bits per heavy atom. The fourth-order valence-electron chi connectivity index (χ4n) is 8.99. The summed E-state index contributed by atoms with van der Waals surface area (Å²) in [5.41, 5.74) is 16.9. The van der Waals surface area contributed by atoms with Crippen LogP contribution in [-0.2, 0) is 5.41 Å². The molecule has 0 N–H and O–H groups in total. The average molecular weight is 779 g/mol. The lowest BCUT2D eigenvalue weighted by atomic mass is 9.67. The van der Waals surface area contributed by atoms with E-state index in [1.807, 2.05) is 42.6 Å². The van der Waals surface area contributed by atoms with Gasteiger partial charge in [-0.25, -0.2) is 15.0 Å². The Kier molecular flexibility index (Phi) is 9.02. The fraction of sp³-hybridized carbons (Fsp3) is 0.0175. The highest BCUT2D eigenvalue weighted by Crippen LogP contribution is 2.56. The summed E-state index contributed by atoms with van der Waals surface area (Å²) in [5, 5.41) is 0. The highest BCUT2D eigenvalue weighted by atomic mass is 15.0. The van der Waals surface area contributed by atoms with Gasteiger partial charge in [0.25, 0.3) is 0 Å². The second-order valence-electron chi connectivity index (χ2n) is 15.4. The minimum Gasteiger partial charge on any atom is -0.264 e. The highest BCUT2D eigenvalue weighted by molar-refractivity contribution is 5.89. The molecule has 0 bridgehead atoms. The molecule has 61 heavy (non-hydrogen) atoms. The van der Waals surface area contributed by atoms with Crippen molar-refractivity contribution in [3.05, 3.63) is 253 Å². The van der Waals surface area contributed by atoms with Crippen LogP contribution in [0.2, 0.25) is 0 Å². The number of aromatic nitrogens is 4. The molecule has 4 nitrogen and oxygen atoms in total. The van der Waals surface area contributed by atoms with Crippen LogP contribution in [0.3, 0.4) is 0 Å². The summed E-state index contributed by atoms with van der Waals surface area (Å²) >= 11 is 0. The molecule has 2 heterocycles. The molecule has 0 radical (unpaired) electrons. The molecule has 1 aliphatic carbocycles. The fourth-order valence-corrected chi connectivity index (χ4v) is 8.99. The second kappa shape index (κ2) is 15.3. The standard InChI is InChI=1S/C57H38N4/c1-4-13-43(14-5-1)54-59-55(61-56(60-54)45-32-28-42(29-33-45)47-15-12-36-58-38-47)44-30-26-40(27-31-44)39-22-24-41(25-23-39)46-34-35-53-51(37-46)50-20-10-11-21-52(50)57(53,48-16-6-2-7-17-48)49-18-8-3-9-19-49/h1-38H. The van der Waals surface area contributed by atoms with Gasteiger partial charge in [-0.2, -0.15) is 0 Å². The predicted octanol–water partition coefficient (Wildman–Crippen LogP) is 13.6. The first-order chi connectivity index (χ1) is 30.2. The monoisotopic (exact) mass is 778 g/mol. The number of nitrogens with zero attached hydrogens (tertiary/aromatic N) is 4. The van der Waals surface area contributed by atoms with Gasteiger partial charge < -0.3 is 0 Å². The second-order valence-corrected chi connectivity index (χ2v) is 15.4. The van der Waals surface area contributed by atoms with Crippen LogP contribution in [0.25, 0.3) is 78.7 Å². The zero-order valence-electron chi connectivity index (χ0n) is 33.2. The average Bonchev–Trinajstić information content (AvgIpc) is 3.65. The lowest BCUT2D eigenvalue weighted by Gasteiger charge is -2.33. The third-order valence-electron chi connectivity index (χ3n) is 12.0. The van der Waals surface area contributed by atoms with Crippen molar-refractivity contribution in [1.29, 1.82) is 0 Å². The Morgan fingerprint density at radius 3 is 1.20 bits per heavy atom. The van der Waals surface area contributed by atoms with Gasteiger partial charge in [0, 0.05) is 29.1 Å². The lowest BCUT2D eigenvalue weighted by Crippen LogP contribution is -2.28. The van der Waals surface area contributed by atoms with Gasteiger partial charge in [-0.15, -0.1) is 0 Å². The molecular weight excluding hydrogens is 741 g/mol. The van der Waals surface area contributed by atoms with E-state index in [0.717, 1.165) is 38.9 Å². The number of rotatable bonds is 8. The SMILES string of the molecule is c1ccc(-c2nc(-c3ccc(-c4ccc(-c5ccc6c(c5)-c5ccccc5C6(c5ccccc5)c5ccccc5)cc4)cc3)nc(-c3ccc(-c4cccnc4)cc3)n2)cc1. The summed E-state index contributed by atoms with van der Waals surface area (Å²) in [4.78, 5) is 19.2. The minimum absolute atomic E-state index is 0.402. The molecule has 1 aliphatic rings. The van der Waals surface area contributed by atoms with E-state index in [1.54, 1.807) is 6.20 Å². The third kappa shape index (κ3) is 6.42. The van der Waals surface area contributed by atoms with Gasteiger partial charge in [-0.3, -0.25) is 4.98 Å². The van der Waals surface area contributed by atoms with Gasteiger partial charge in [0.15, 0.2) is 17.5 Å². The summed E-state index contributed by atoms with van der Waals surface area (Å²) in [6.07, 6.45) is 3.66. The molecule has 0 aliphatic heterocycles. The summed E-state index contributed by atoms with van der Waals surface area (Å²) in [6.45, 7) is 0. The highest BCUT2D eigenvalue weighted by Gasteiger charge is 2.45. The van der Waals surface area contributed by atoms with Gasteiger partial charge >= 0.3 is 0 Å². The molecule has 0 saturated carbocycles. The normalized spacial score (nSPS) is 12.4. The topological polar surface area (TPSA) is 51.6 Å². The van der Waals surface area contributed by atoms with E-state index in [2.05, 4.69) is 187 Å². The quantitative estimate of drug-likeness (QED) is 0.154. The van der Waals surface area contributed by atoms with Crippen molar-refractivity contribution in [2.75, 3.05) is 0 Å². The van der Waals surface area contributed by atoms with E-state index in [-0.39, 0.29) is 0 Å². The van der Waals surface area contributed by atoms with Crippen molar-refractivity contribution in [3.8, 4) is 78.7 Å². The maximum Gasteiger partial charge on any atom is 0.164 e. The molecule has 2 aromatic heterocycles. The molecule has 286 valence electrons. The van der Waals surface area contributed by atoms with Crippen molar-refractivity contribution in [2.24, 2.45) is 0 Å². The zero-order valence-corrected chi connectivity index (χ0v) is 33.2. The number of hydrogen-bond donors (Lipinski definition) is 0. The molecule has 0 atom stereocenters. The molecule has 0 fully saturated rings. The number of hydrogen-bond acceptors (Lipinski definition) is 4. The van der Waals surface area contributed by atoms with Crippen molar-refractivity contribution in [1.82, 2.24) is 19.9 Å². The van der Waals surface area contributed by atoms with Crippen LogP contribution in [0.1, 0.15) is 22.3 Å². The summed E-state index contributed by atoms with van der Waals surface area (Å²) in [6, 6.07) is 77.6. The van der Waals surface area contributed by atoms with Crippen molar-refractivity contribution in [3.63, 3.8) is 0 Å². The van der Waals surface area contributed by atoms with Gasteiger partial charge in [-0.1, -0.05) is 206 Å². The summed E-state index contributed by atoms with van der Waals surface area (Å²) < 4.78 is 0. The van der Waals surface area contributed by atoms with E-state index in [0.29, 0.717) is 17.5 Å². The van der Waals surface area contributed by atoms with Crippen molar-refractivity contribution in [2.45, 2.75) is 5.41 Å². The van der Waals surface area contributed by atoms with Crippen molar-refractivity contribution >= 4 is 0 Å². The molecule has 0 amide bonds. The first-order valence-electron chi connectivity index (χ1n) is 20.6. The largest absolute Gasteiger partial charge is 0.264 e. The smallest absolute Gasteiger partial charge is 0.164 e. The summed E-state index contributed by atoms with van der Waals surface area (Å²) in [7, 11) is 0. The van der Waals surface area contributed by atoms with Crippen LogP contribution in [0.4, 0.5) is 0 Å². The van der Waals surface area contributed by atoms with E-state index < -0.39 is 5.41 Å².